The van der Waals surface area contributed by atoms with Crippen LogP contribution in [0, 0.1) is 11.8 Å². The summed E-state index contributed by atoms with van der Waals surface area (Å²) in [6.07, 6.45) is 1.38. The fraction of sp³-hybridized carbons (Fsp3) is 0.500. The summed E-state index contributed by atoms with van der Waals surface area (Å²) in [5, 5.41) is 0. The molecule has 1 aliphatic carbocycles. The lowest BCUT2D eigenvalue weighted by Gasteiger charge is -2.05. The van der Waals surface area contributed by atoms with Crippen molar-refractivity contribution in [2.45, 2.75) is 26.2 Å². The standard InChI is InChI=1S/C12H15Br/c1-8(2)10-7-11(10)9-5-3-4-6-12(9)13/h3-6,8,10-11H,7H2,1-2H3/t10-,11+/m0/s1. The van der Waals surface area contributed by atoms with Crippen LogP contribution in [0.4, 0.5) is 0 Å². The van der Waals surface area contributed by atoms with E-state index in [1.54, 1.807) is 0 Å². The van der Waals surface area contributed by atoms with Crippen molar-refractivity contribution < 1.29 is 0 Å². The first-order valence-electron chi connectivity index (χ1n) is 4.94. The zero-order chi connectivity index (χ0) is 9.42. The van der Waals surface area contributed by atoms with Crippen molar-refractivity contribution in [2.24, 2.45) is 11.8 Å². The lowest BCUT2D eigenvalue weighted by Crippen LogP contribution is -1.92. The predicted octanol–water partition coefficient (Wildman–Crippen LogP) is 4.21. The van der Waals surface area contributed by atoms with Gasteiger partial charge >= 0.3 is 0 Å². The van der Waals surface area contributed by atoms with Gasteiger partial charge in [0.2, 0.25) is 0 Å². The highest BCUT2D eigenvalue weighted by Crippen LogP contribution is 2.53. The maximum atomic E-state index is 3.61. The van der Waals surface area contributed by atoms with E-state index in [0.717, 1.165) is 17.8 Å². The monoisotopic (exact) mass is 238 g/mol. The third kappa shape index (κ3) is 1.80. The Balaban J connectivity index is 2.16. The van der Waals surface area contributed by atoms with Crippen LogP contribution in [0.15, 0.2) is 28.7 Å². The molecule has 2 rings (SSSR count). The van der Waals surface area contributed by atoms with E-state index in [0.29, 0.717) is 0 Å². The fourth-order valence-electron chi connectivity index (χ4n) is 2.08. The van der Waals surface area contributed by atoms with E-state index in [1.807, 2.05) is 0 Å². The summed E-state index contributed by atoms with van der Waals surface area (Å²) in [7, 11) is 0. The minimum absolute atomic E-state index is 0.815. The van der Waals surface area contributed by atoms with Crippen molar-refractivity contribution in [1.29, 1.82) is 0 Å². The molecule has 1 aromatic rings. The molecule has 0 amide bonds. The van der Waals surface area contributed by atoms with Gasteiger partial charge in [0, 0.05) is 4.47 Å². The third-order valence-corrected chi connectivity index (χ3v) is 3.72. The van der Waals surface area contributed by atoms with Gasteiger partial charge in [-0.3, -0.25) is 0 Å². The quantitative estimate of drug-likeness (QED) is 0.725. The maximum Gasteiger partial charge on any atom is 0.0210 e. The second kappa shape index (κ2) is 3.45. The highest BCUT2D eigenvalue weighted by molar-refractivity contribution is 9.10. The SMILES string of the molecule is CC(C)[C@@H]1C[C@@H]1c1ccccc1Br. The Morgan fingerprint density at radius 2 is 2.00 bits per heavy atom. The molecule has 0 bridgehead atoms. The fourth-order valence-corrected chi connectivity index (χ4v) is 2.66. The van der Waals surface area contributed by atoms with Gasteiger partial charge in [-0.1, -0.05) is 48.0 Å². The zero-order valence-electron chi connectivity index (χ0n) is 8.13. The highest BCUT2D eigenvalue weighted by atomic mass is 79.9. The van der Waals surface area contributed by atoms with Crippen molar-refractivity contribution >= 4 is 15.9 Å². The molecule has 1 saturated carbocycles. The van der Waals surface area contributed by atoms with Crippen LogP contribution in [0.1, 0.15) is 31.7 Å². The largest absolute Gasteiger partial charge is 0.0625 e. The normalized spacial score (nSPS) is 26.5. The van der Waals surface area contributed by atoms with E-state index in [-0.39, 0.29) is 0 Å². The Labute approximate surface area is 88.5 Å². The number of hydrogen-bond acceptors (Lipinski definition) is 0. The van der Waals surface area contributed by atoms with Gasteiger partial charge in [-0.2, -0.15) is 0 Å². The van der Waals surface area contributed by atoms with Crippen molar-refractivity contribution in [3.63, 3.8) is 0 Å². The van der Waals surface area contributed by atoms with Crippen molar-refractivity contribution in [3.05, 3.63) is 34.3 Å². The van der Waals surface area contributed by atoms with Crippen LogP contribution in [-0.2, 0) is 0 Å². The minimum atomic E-state index is 0.815. The number of rotatable bonds is 2. The smallest absolute Gasteiger partial charge is 0.0210 e. The topological polar surface area (TPSA) is 0 Å². The van der Waals surface area contributed by atoms with E-state index >= 15 is 0 Å². The summed E-state index contributed by atoms with van der Waals surface area (Å²) in [6.45, 7) is 4.64. The molecule has 1 aromatic carbocycles. The number of halogens is 1. The Morgan fingerprint density at radius 3 is 2.54 bits per heavy atom. The summed E-state index contributed by atoms with van der Waals surface area (Å²) in [5.74, 6) is 2.56. The predicted molar refractivity (Wildman–Crippen MR) is 59.8 cm³/mol. The first-order chi connectivity index (χ1) is 6.20. The summed E-state index contributed by atoms with van der Waals surface area (Å²) >= 11 is 3.61. The number of hydrogen-bond donors (Lipinski definition) is 0. The lowest BCUT2D eigenvalue weighted by molar-refractivity contribution is 0.548. The van der Waals surface area contributed by atoms with Gasteiger partial charge < -0.3 is 0 Å². The van der Waals surface area contributed by atoms with Gasteiger partial charge in [0.15, 0.2) is 0 Å². The lowest BCUT2D eigenvalue weighted by atomic mass is 10.0. The van der Waals surface area contributed by atoms with Gasteiger partial charge in [-0.05, 0) is 35.8 Å². The molecule has 70 valence electrons. The van der Waals surface area contributed by atoms with Crippen LogP contribution < -0.4 is 0 Å². The van der Waals surface area contributed by atoms with Crippen molar-refractivity contribution in [1.82, 2.24) is 0 Å². The summed E-state index contributed by atoms with van der Waals surface area (Å²) < 4.78 is 1.28. The molecule has 0 aliphatic heterocycles. The molecule has 0 N–H and O–H groups in total. The molecule has 0 saturated heterocycles. The molecule has 13 heavy (non-hydrogen) atoms. The van der Waals surface area contributed by atoms with Crippen molar-refractivity contribution in [2.75, 3.05) is 0 Å². The molecule has 0 unspecified atom stereocenters. The van der Waals surface area contributed by atoms with Crippen molar-refractivity contribution in [3.8, 4) is 0 Å². The molecule has 0 nitrogen and oxygen atoms in total. The molecular formula is C12H15Br. The van der Waals surface area contributed by atoms with E-state index < -0.39 is 0 Å². The molecule has 0 aromatic heterocycles. The van der Waals surface area contributed by atoms with Gasteiger partial charge in [0.1, 0.15) is 0 Å². The van der Waals surface area contributed by atoms with Crippen LogP contribution in [0.3, 0.4) is 0 Å². The Morgan fingerprint density at radius 1 is 1.31 bits per heavy atom. The molecular weight excluding hydrogens is 224 g/mol. The molecule has 1 fully saturated rings. The Kier molecular flexibility index (Phi) is 2.46. The first kappa shape index (κ1) is 9.26. The molecule has 1 heteroatoms. The highest BCUT2D eigenvalue weighted by Gasteiger charge is 2.40. The summed E-state index contributed by atoms with van der Waals surface area (Å²) in [6, 6.07) is 8.61. The maximum absolute atomic E-state index is 3.61. The summed E-state index contributed by atoms with van der Waals surface area (Å²) in [5.41, 5.74) is 1.50. The second-order valence-corrected chi connectivity index (χ2v) is 5.13. The van der Waals surface area contributed by atoms with E-state index in [1.165, 1.54) is 16.5 Å². The Hall–Kier alpha value is -0.300. The zero-order valence-corrected chi connectivity index (χ0v) is 9.71. The molecule has 0 spiro atoms. The molecule has 0 radical (unpaired) electrons. The van der Waals surface area contributed by atoms with E-state index in [4.69, 9.17) is 0 Å². The second-order valence-electron chi connectivity index (χ2n) is 4.27. The van der Waals surface area contributed by atoms with Crippen LogP contribution in [-0.4, -0.2) is 0 Å². The van der Waals surface area contributed by atoms with Gasteiger partial charge in [0.25, 0.3) is 0 Å². The summed E-state index contributed by atoms with van der Waals surface area (Å²) in [4.78, 5) is 0. The van der Waals surface area contributed by atoms with E-state index in [2.05, 4.69) is 54.0 Å². The van der Waals surface area contributed by atoms with Crippen LogP contribution in [0.5, 0.6) is 0 Å². The first-order valence-corrected chi connectivity index (χ1v) is 5.74. The van der Waals surface area contributed by atoms with Crippen LogP contribution >= 0.6 is 15.9 Å². The Bertz CT molecular complexity index is 304. The minimum Gasteiger partial charge on any atom is -0.0625 e. The molecule has 1 aliphatic rings. The van der Waals surface area contributed by atoms with Crippen LogP contribution in [0.2, 0.25) is 0 Å². The van der Waals surface area contributed by atoms with Gasteiger partial charge in [0.05, 0.1) is 0 Å². The van der Waals surface area contributed by atoms with Crippen LogP contribution in [0.25, 0.3) is 0 Å². The molecule has 2 atom stereocenters. The number of benzene rings is 1. The third-order valence-electron chi connectivity index (χ3n) is 3.00. The van der Waals surface area contributed by atoms with Gasteiger partial charge in [-0.15, -0.1) is 0 Å². The average molecular weight is 239 g/mol. The van der Waals surface area contributed by atoms with Gasteiger partial charge in [-0.25, -0.2) is 0 Å². The average Bonchev–Trinajstić information content (AvgIpc) is 2.84. The molecule has 0 heterocycles. The van der Waals surface area contributed by atoms with E-state index in [9.17, 15) is 0 Å².